The van der Waals surface area contributed by atoms with Crippen molar-refractivity contribution >= 4 is 37.5 Å². The van der Waals surface area contributed by atoms with Crippen molar-refractivity contribution in [3.05, 3.63) is 51.2 Å². The van der Waals surface area contributed by atoms with Crippen molar-refractivity contribution in [1.29, 1.82) is 0 Å². The first-order chi connectivity index (χ1) is 9.69. The van der Waals surface area contributed by atoms with Crippen molar-refractivity contribution < 1.29 is 4.74 Å². The average molecular weight is 396 g/mol. The summed E-state index contributed by atoms with van der Waals surface area (Å²) in [7, 11) is 0. The summed E-state index contributed by atoms with van der Waals surface area (Å²) in [6.45, 7) is 0.886. The molecule has 2 aromatic rings. The summed E-state index contributed by atoms with van der Waals surface area (Å²) in [6, 6.07) is 9.68. The molecule has 2 rings (SSSR count). The first kappa shape index (κ1) is 14.9. The van der Waals surface area contributed by atoms with E-state index < -0.39 is 0 Å². The van der Waals surface area contributed by atoms with Crippen molar-refractivity contribution in [3.8, 4) is 18.1 Å². The summed E-state index contributed by atoms with van der Waals surface area (Å²) in [5.74, 6) is 3.25. The van der Waals surface area contributed by atoms with Gasteiger partial charge in [-0.15, -0.1) is 6.42 Å². The van der Waals surface area contributed by atoms with Crippen LogP contribution < -0.4 is 10.1 Å². The van der Waals surface area contributed by atoms with Gasteiger partial charge < -0.3 is 10.1 Å². The molecule has 0 bridgehead atoms. The second-order valence-corrected chi connectivity index (χ2v) is 5.70. The van der Waals surface area contributed by atoms with E-state index in [1.807, 2.05) is 30.3 Å². The molecule has 0 amide bonds. The van der Waals surface area contributed by atoms with Crippen molar-refractivity contribution in [2.75, 3.05) is 11.9 Å². The quantitative estimate of drug-likeness (QED) is 0.607. The third kappa shape index (κ3) is 4.26. The van der Waals surface area contributed by atoms with Crippen molar-refractivity contribution in [3.63, 3.8) is 0 Å². The molecular formula is C15H12Br2N2O. The van der Waals surface area contributed by atoms with E-state index in [-0.39, 0.29) is 6.61 Å². The number of aromatic nitrogens is 1. The van der Waals surface area contributed by atoms with E-state index in [0.717, 1.165) is 26.1 Å². The van der Waals surface area contributed by atoms with Crippen LogP contribution in [-0.2, 0) is 6.54 Å². The number of ether oxygens (including phenoxy) is 1. The third-order valence-electron chi connectivity index (χ3n) is 2.54. The molecule has 5 heteroatoms. The molecule has 0 atom stereocenters. The molecule has 1 aromatic heterocycles. The summed E-state index contributed by atoms with van der Waals surface area (Å²) in [4.78, 5) is 4.17. The Balaban J connectivity index is 2.09. The van der Waals surface area contributed by atoms with E-state index in [1.54, 1.807) is 6.20 Å². The van der Waals surface area contributed by atoms with Crippen molar-refractivity contribution in [2.45, 2.75) is 6.54 Å². The molecule has 1 aromatic carbocycles. The Bertz CT molecular complexity index is 621. The van der Waals surface area contributed by atoms with Crippen LogP contribution in [0, 0.1) is 12.3 Å². The molecule has 0 saturated carbocycles. The molecular weight excluding hydrogens is 384 g/mol. The minimum atomic E-state index is 0.258. The van der Waals surface area contributed by atoms with E-state index in [4.69, 9.17) is 11.2 Å². The highest BCUT2D eigenvalue weighted by Gasteiger charge is 2.05. The number of nitrogens with one attached hydrogen (secondary N) is 1. The Morgan fingerprint density at radius 2 is 2.10 bits per heavy atom. The number of terminal acetylenes is 1. The van der Waals surface area contributed by atoms with Crippen LogP contribution >= 0.6 is 31.9 Å². The van der Waals surface area contributed by atoms with Gasteiger partial charge in [0.2, 0.25) is 0 Å². The second-order valence-electron chi connectivity index (χ2n) is 3.97. The molecule has 0 unspecified atom stereocenters. The Kier molecular flexibility index (Phi) is 5.45. The average Bonchev–Trinajstić information content (AvgIpc) is 2.46. The van der Waals surface area contributed by atoms with E-state index in [1.165, 1.54) is 0 Å². The molecule has 20 heavy (non-hydrogen) atoms. The highest BCUT2D eigenvalue weighted by Crippen LogP contribution is 2.24. The zero-order valence-corrected chi connectivity index (χ0v) is 13.7. The number of pyridine rings is 1. The van der Waals surface area contributed by atoms with Gasteiger partial charge >= 0.3 is 0 Å². The Labute approximate surface area is 135 Å². The lowest BCUT2D eigenvalue weighted by molar-refractivity contribution is 0.366. The van der Waals surface area contributed by atoms with Crippen LogP contribution in [0.5, 0.6) is 5.75 Å². The monoisotopic (exact) mass is 394 g/mol. The second kappa shape index (κ2) is 7.32. The first-order valence-corrected chi connectivity index (χ1v) is 7.48. The van der Waals surface area contributed by atoms with Crippen LogP contribution in [0.2, 0.25) is 0 Å². The Morgan fingerprint density at radius 3 is 2.80 bits per heavy atom. The number of hydrogen-bond donors (Lipinski definition) is 1. The topological polar surface area (TPSA) is 34.1 Å². The lowest BCUT2D eigenvalue weighted by atomic mass is 10.2. The summed E-state index contributed by atoms with van der Waals surface area (Å²) >= 11 is 6.77. The maximum atomic E-state index is 5.53. The molecule has 0 spiro atoms. The largest absolute Gasteiger partial charge is 0.481 e. The molecule has 0 saturated heterocycles. The summed E-state index contributed by atoms with van der Waals surface area (Å²) in [5.41, 5.74) is 1.97. The van der Waals surface area contributed by atoms with Gasteiger partial charge in [0, 0.05) is 16.6 Å². The van der Waals surface area contributed by atoms with Gasteiger partial charge in [-0.05, 0) is 46.3 Å². The fraction of sp³-hybridized carbons (Fsp3) is 0.133. The van der Waals surface area contributed by atoms with Crippen LogP contribution in [0.15, 0.2) is 45.6 Å². The predicted octanol–water partition coefficient (Wildman–Crippen LogP) is 4.23. The number of halogens is 2. The maximum Gasteiger partial charge on any atom is 0.148 e. The molecule has 0 aliphatic carbocycles. The highest BCUT2D eigenvalue weighted by molar-refractivity contribution is 9.10. The number of nitrogens with zero attached hydrogens (tertiary/aromatic N) is 1. The molecule has 0 aliphatic heterocycles. The standard InChI is InChI=1S/C15H12Br2N2O/c1-2-7-20-14-5-3-12(16)8-11(14)9-18-13-4-6-15(17)19-10-13/h1,3-6,8,10,18H,7,9H2. The van der Waals surface area contributed by atoms with Crippen LogP contribution in [0.4, 0.5) is 5.69 Å². The van der Waals surface area contributed by atoms with Crippen LogP contribution in [0.25, 0.3) is 0 Å². The van der Waals surface area contributed by atoms with Gasteiger partial charge in [0.1, 0.15) is 17.0 Å². The lowest BCUT2D eigenvalue weighted by Gasteiger charge is -2.12. The van der Waals surface area contributed by atoms with Gasteiger partial charge in [-0.25, -0.2) is 4.98 Å². The summed E-state index contributed by atoms with van der Waals surface area (Å²) < 4.78 is 7.33. The smallest absolute Gasteiger partial charge is 0.148 e. The van der Waals surface area contributed by atoms with Crippen LogP contribution in [-0.4, -0.2) is 11.6 Å². The van der Waals surface area contributed by atoms with Gasteiger partial charge in [0.15, 0.2) is 0 Å². The van der Waals surface area contributed by atoms with Crippen LogP contribution in [0.3, 0.4) is 0 Å². The number of hydrogen-bond acceptors (Lipinski definition) is 3. The molecule has 3 nitrogen and oxygen atoms in total. The van der Waals surface area contributed by atoms with Gasteiger partial charge in [-0.2, -0.15) is 0 Å². The summed E-state index contributed by atoms with van der Waals surface area (Å²) in [6.07, 6.45) is 6.99. The number of benzene rings is 1. The molecule has 1 heterocycles. The minimum Gasteiger partial charge on any atom is -0.481 e. The molecule has 102 valence electrons. The minimum absolute atomic E-state index is 0.258. The van der Waals surface area contributed by atoms with E-state index in [2.05, 4.69) is 48.1 Å². The normalized spacial score (nSPS) is 9.85. The molecule has 0 aliphatic rings. The van der Waals surface area contributed by atoms with Gasteiger partial charge in [0.05, 0.1) is 11.9 Å². The number of rotatable bonds is 5. The highest BCUT2D eigenvalue weighted by atomic mass is 79.9. The van der Waals surface area contributed by atoms with Gasteiger partial charge in [-0.1, -0.05) is 21.9 Å². The zero-order chi connectivity index (χ0) is 14.4. The summed E-state index contributed by atoms with van der Waals surface area (Å²) in [5, 5.41) is 3.30. The molecule has 1 N–H and O–H groups in total. The van der Waals surface area contributed by atoms with E-state index >= 15 is 0 Å². The molecule has 0 radical (unpaired) electrons. The van der Waals surface area contributed by atoms with Crippen molar-refractivity contribution in [2.24, 2.45) is 0 Å². The lowest BCUT2D eigenvalue weighted by Crippen LogP contribution is -2.04. The Morgan fingerprint density at radius 1 is 1.25 bits per heavy atom. The number of anilines is 1. The fourth-order valence-corrected chi connectivity index (χ4v) is 2.27. The maximum absolute atomic E-state index is 5.53. The van der Waals surface area contributed by atoms with E-state index in [9.17, 15) is 0 Å². The van der Waals surface area contributed by atoms with Crippen molar-refractivity contribution in [1.82, 2.24) is 4.98 Å². The molecule has 0 fully saturated rings. The predicted molar refractivity (Wildman–Crippen MR) is 87.7 cm³/mol. The third-order valence-corrected chi connectivity index (χ3v) is 3.51. The van der Waals surface area contributed by atoms with Gasteiger partial charge in [0.25, 0.3) is 0 Å². The van der Waals surface area contributed by atoms with E-state index in [0.29, 0.717) is 6.54 Å². The fourth-order valence-electron chi connectivity index (χ4n) is 1.62. The SMILES string of the molecule is C#CCOc1ccc(Br)cc1CNc1ccc(Br)nc1. The Hall–Kier alpha value is -1.51. The van der Waals surface area contributed by atoms with Crippen LogP contribution in [0.1, 0.15) is 5.56 Å². The van der Waals surface area contributed by atoms with Gasteiger partial charge in [-0.3, -0.25) is 0 Å². The zero-order valence-electron chi connectivity index (χ0n) is 10.6. The first-order valence-electron chi connectivity index (χ1n) is 5.89.